The molecule has 3 aromatic rings. The Morgan fingerprint density at radius 1 is 0.829 bits per heavy atom. The number of benzene rings is 2. The van der Waals surface area contributed by atoms with Gasteiger partial charge in [-0.05, 0) is 31.2 Å². The van der Waals surface area contributed by atoms with Gasteiger partial charge in [0.2, 0.25) is 6.29 Å². The highest BCUT2D eigenvalue weighted by Crippen LogP contribution is 2.35. The summed E-state index contributed by atoms with van der Waals surface area (Å²) in [5.74, 6) is -0.498. The van der Waals surface area contributed by atoms with Crippen molar-refractivity contribution < 1.29 is 64.2 Å². The minimum Gasteiger partial charge on any atom is -0.508 e. The largest absolute Gasteiger partial charge is 0.508 e. The molecule has 0 radical (unpaired) electrons. The molecular weight excluding hydrogens is 548 g/mol. The highest BCUT2D eigenvalue weighted by Gasteiger charge is 2.50. The van der Waals surface area contributed by atoms with Crippen molar-refractivity contribution in [3.8, 4) is 28.6 Å². The second kappa shape index (κ2) is 11.5. The van der Waals surface area contributed by atoms with Crippen LogP contribution in [0.3, 0.4) is 0 Å². The third-order valence-electron chi connectivity index (χ3n) is 7.11. The number of hydrogen-bond donors (Lipinski definition) is 8. The first-order chi connectivity index (χ1) is 19.5. The summed E-state index contributed by atoms with van der Waals surface area (Å²) in [6, 6.07) is 9.38. The van der Waals surface area contributed by atoms with Crippen molar-refractivity contribution in [1.82, 2.24) is 0 Å². The smallest absolute Gasteiger partial charge is 0.229 e. The first kappa shape index (κ1) is 29.2. The third-order valence-corrected chi connectivity index (χ3v) is 7.11. The number of aromatic hydroxyl groups is 2. The fraction of sp³-hybridized carbons (Fsp3) is 0.444. The first-order valence-electron chi connectivity index (χ1n) is 12.7. The predicted octanol–water partition coefficient (Wildman–Crippen LogP) is -1.10. The zero-order valence-electron chi connectivity index (χ0n) is 21.5. The number of aliphatic hydroxyl groups is 6. The van der Waals surface area contributed by atoms with Gasteiger partial charge < -0.3 is 64.2 Å². The van der Waals surface area contributed by atoms with Crippen molar-refractivity contribution in [2.24, 2.45) is 0 Å². The Morgan fingerprint density at radius 3 is 2.22 bits per heavy atom. The summed E-state index contributed by atoms with van der Waals surface area (Å²) in [5, 5.41) is 81.4. The lowest BCUT2D eigenvalue weighted by Gasteiger charge is -2.45. The molecule has 2 fully saturated rings. The lowest BCUT2D eigenvalue weighted by molar-refractivity contribution is -0.354. The summed E-state index contributed by atoms with van der Waals surface area (Å²) < 4.78 is 28.4. The summed E-state index contributed by atoms with van der Waals surface area (Å²) in [6.07, 6.45) is -15.3. The van der Waals surface area contributed by atoms with E-state index >= 15 is 0 Å². The molecule has 0 aliphatic carbocycles. The van der Waals surface area contributed by atoms with Crippen LogP contribution in [0.25, 0.3) is 22.3 Å². The molecule has 0 saturated carbocycles. The molecule has 41 heavy (non-hydrogen) atoms. The van der Waals surface area contributed by atoms with E-state index in [9.17, 15) is 45.6 Å². The SMILES string of the molecule is C[C@@H]1O[C@@H](O[C@H]2[C@H](Oc3cc(O)c4c(=O)cc(-c5ccc(O)cc5)oc4c3)O[C@H](CO)[C@@H](O)[C@@H]2O)[C@H](O)[C@H](O)[C@H]1O. The van der Waals surface area contributed by atoms with E-state index < -0.39 is 79.2 Å². The molecule has 8 N–H and O–H groups in total. The van der Waals surface area contributed by atoms with Crippen LogP contribution < -0.4 is 10.2 Å². The molecular formula is C27H30O14. The fourth-order valence-electron chi connectivity index (χ4n) is 4.79. The van der Waals surface area contributed by atoms with Crippen LogP contribution in [0.5, 0.6) is 17.2 Å². The van der Waals surface area contributed by atoms with Crippen LogP contribution in [0.2, 0.25) is 0 Å². The number of rotatable bonds is 6. The molecule has 10 atom stereocenters. The zero-order chi connectivity index (χ0) is 29.6. The van der Waals surface area contributed by atoms with Gasteiger partial charge in [-0.1, -0.05) is 0 Å². The fourth-order valence-corrected chi connectivity index (χ4v) is 4.79. The third kappa shape index (κ3) is 5.61. The Balaban J connectivity index is 1.47. The molecule has 0 amide bonds. The Hall–Kier alpha value is -3.31. The standard InChI is InChI=1S/C27H30O14/c1-10-20(32)22(34)24(36)26(37-10)41-25-23(35)21(33)18(9-28)40-27(25)38-13-6-14(30)19-15(31)8-16(39-17(19)7-13)11-2-4-12(29)5-3-11/h2-8,10,18,20-30,32-36H,9H2,1H3/t10-,18+,20-,21+,22+,23-,24+,25+,26-,27+/m0/s1. The normalized spacial score (nSPS) is 34.0. The summed E-state index contributed by atoms with van der Waals surface area (Å²) in [5.41, 5.74) is -0.182. The van der Waals surface area contributed by atoms with E-state index in [-0.39, 0.29) is 28.2 Å². The van der Waals surface area contributed by atoms with Crippen LogP contribution in [-0.2, 0) is 14.2 Å². The Bertz CT molecular complexity index is 1420. The maximum atomic E-state index is 12.8. The lowest BCUT2D eigenvalue weighted by atomic mass is 9.97. The van der Waals surface area contributed by atoms with Gasteiger partial charge in [0.1, 0.15) is 70.6 Å². The highest BCUT2D eigenvalue weighted by atomic mass is 16.8. The maximum absolute atomic E-state index is 12.8. The van der Waals surface area contributed by atoms with E-state index in [4.69, 9.17) is 23.4 Å². The Morgan fingerprint density at radius 2 is 1.54 bits per heavy atom. The molecule has 2 aliphatic rings. The van der Waals surface area contributed by atoms with Crippen LogP contribution in [0, 0.1) is 0 Å². The van der Waals surface area contributed by atoms with Gasteiger partial charge in [0.25, 0.3) is 0 Å². The summed E-state index contributed by atoms with van der Waals surface area (Å²) in [7, 11) is 0. The van der Waals surface area contributed by atoms with E-state index in [1.165, 1.54) is 43.3 Å². The van der Waals surface area contributed by atoms with Crippen molar-refractivity contribution in [3.05, 3.63) is 52.7 Å². The summed E-state index contributed by atoms with van der Waals surface area (Å²) in [6.45, 7) is 0.704. The van der Waals surface area contributed by atoms with E-state index in [0.29, 0.717) is 5.56 Å². The molecule has 1 aromatic heterocycles. The molecule has 14 heteroatoms. The number of hydrogen-bond acceptors (Lipinski definition) is 14. The highest BCUT2D eigenvalue weighted by molar-refractivity contribution is 5.86. The van der Waals surface area contributed by atoms with E-state index in [0.717, 1.165) is 6.07 Å². The van der Waals surface area contributed by atoms with Crippen LogP contribution in [0.1, 0.15) is 6.92 Å². The Kier molecular flexibility index (Phi) is 8.20. The van der Waals surface area contributed by atoms with Gasteiger partial charge in [-0.3, -0.25) is 4.79 Å². The predicted molar refractivity (Wildman–Crippen MR) is 137 cm³/mol. The molecule has 3 heterocycles. The zero-order valence-corrected chi connectivity index (χ0v) is 21.5. The van der Waals surface area contributed by atoms with Crippen molar-refractivity contribution in [3.63, 3.8) is 0 Å². The number of aliphatic hydroxyl groups excluding tert-OH is 6. The molecule has 5 rings (SSSR count). The van der Waals surface area contributed by atoms with E-state index in [1.54, 1.807) is 0 Å². The number of phenols is 2. The minimum atomic E-state index is -1.76. The molecule has 2 aromatic carbocycles. The molecule has 0 bridgehead atoms. The quantitative estimate of drug-likeness (QED) is 0.174. The van der Waals surface area contributed by atoms with Gasteiger partial charge in [0, 0.05) is 23.8 Å². The second-order valence-electron chi connectivity index (χ2n) is 9.94. The van der Waals surface area contributed by atoms with E-state index in [2.05, 4.69) is 0 Å². The number of fused-ring (bicyclic) bond motifs is 1. The first-order valence-corrected chi connectivity index (χ1v) is 12.7. The van der Waals surface area contributed by atoms with Gasteiger partial charge in [0.05, 0.1) is 12.7 Å². The summed E-state index contributed by atoms with van der Waals surface area (Å²) >= 11 is 0. The molecule has 0 unspecified atom stereocenters. The average Bonchev–Trinajstić information content (AvgIpc) is 2.94. The van der Waals surface area contributed by atoms with Gasteiger partial charge in [-0.2, -0.15) is 0 Å². The van der Waals surface area contributed by atoms with E-state index in [1.807, 2.05) is 0 Å². The molecule has 2 aliphatic heterocycles. The van der Waals surface area contributed by atoms with Gasteiger partial charge in [0.15, 0.2) is 17.8 Å². The molecule has 222 valence electrons. The minimum absolute atomic E-state index is 0.00857. The average molecular weight is 579 g/mol. The van der Waals surface area contributed by atoms with Crippen LogP contribution in [-0.4, -0.2) is 109 Å². The van der Waals surface area contributed by atoms with Gasteiger partial charge in [-0.15, -0.1) is 0 Å². The van der Waals surface area contributed by atoms with Crippen molar-refractivity contribution in [2.75, 3.05) is 6.61 Å². The monoisotopic (exact) mass is 578 g/mol. The molecule has 14 nitrogen and oxygen atoms in total. The number of ether oxygens (including phenoxy) is 4. The van der Waals surface area contributed by atoms with Gasteiger partial charge in [-0.25, -0.2) is 0 Å². The van der Waals surface area contributed by atoms with Crippen molar-refractivity contribution in [2.45, 2.75) is 68.3 Å². The molecule has 2 saturated heterocycles. The van der Waals surface area contributed by atoms with Crippen molar-refractivity contribution in [1.29, 1.82) is 0 Å². The van der Waals surface area contributed by atoms with Crippen LogP contribution in [0.15, 0.2) is 51.7 Å². The van der Waals surface area contributed by atoms with Gasteiger partial charge >= 0.3 is 0 Å². The van der Waals surface area contributed by atoms with Crippen molar-refractivity contribution >= 4 is 11.0 Å². The summed E-state index contributed by atoms with van der Waals surface area (Å²) in [4.78, 5) is 12.8. The Labute approximate surface area is 231 Å². The number of phenolic OH excluding ortho intramolecular Hbond substituents is 2. The second-order valence-corrected chi connectivity index (χ2v) is 9.94. The molecule has 0 spiro atoms. The maximum Gasteiger partial charge on any atom is 0.229 e. The lowest BCUT2D eigenvalue weighted by Crippen LogP contribution is -2.64. The van der Waals surface area contributed by atoms with Crippen LogP contribution >= 0.6 is 0 Å². The topological polar surface area (TPSA) is 229 Å². The van der Waals surface area contributed by atoms with Crippen LogP contribution in [0.4, 0.5) is 0 Å².